The normalized spacial score (nSPS) is 22.0. The maximum Gasteiger partial charge on any atom is 0.405 e. The first-order valence-electron chi connectivity index (χ1n) is 7.64. The van der Waals surface area contributed by atoms with E-state index in [9.17, 15) is 22.8 Å². The van der Waals surface area contributed by atoms with E-state index in [2.05, 4.69) is 16.0 Å². The monoisotopic (exact) mass is 337 g/mol. The van der Waals surface area contributed by atoms with Crippen molar-refractivity contribution in [2.24, 2.45) is 0 Å². The summed E-state index contributed by atoms with van der Waals surface area (Å²) in [7, 11) is 0. The van der Waals surface area contributed by atoms with E-state index in [1.807, 2.05) is 0 Å². The quantitative estimate of drug-likeness (QED) is 0.562. The summed E-state index contributed by atoms with van der Waals surface area (Å²) in [6.45, 7) is 1.98. The van der Waals surface area contributed by atoms with Gasteiger partial charge in [0.15, 0.2) is 0 Å². The fraction of sp³-hybridized carbons (Fsp3) is 0.846. The van der Waals surface area contributed by atoms with Crippen LogP contribution in [0.5, 0.6) is 0 Å². The van der Waals surface area contributed by atoms with Crippen molar-refractivity contribution in [2.75, 3.05) is 58.9 Å². The van der Waals surface area contributed by atoms with E-state index >= 15 is 0 Å². The van der Waals surface area contributed by atoms with Gasteiger partial charge in [0.25, 0.3) is 0 Å². The zero-order valence-corrected chi connectivity index (χ0v) is 12.8. The largest absolute Gasteiger partial charge is 0.405 e. The van der Waals surface area contributed by atoms with Gasteiger partial charge in [0, 0.05) is 45.8 Å². The van der Waals surface area contributed by atoms with Gasteiger partial charge in [0.1, 0.15) is 6.04 Å². The number of carbonyl (C=O) groups excluding carboxylic acids is 2. The molecule has 2 saturated heterocycles. The van der Waals surface area contributed by atoms with E-state index in [0.717, 1.165) is 0 Å². The Hall–Kier alpha value is -1.39. The van der Waals surface area contributed by atoms with Gasteiger partial charge in [-0.3, -0.25) is 14.5 Å². The van der Waals surface area contributed by atoms with Crippen LogP contribution in [-0.2, 0) is 9.59 Å². The molecule has 132 valence electrons. The first-order valence-corrected chi connectivity index (χ1v) is 7.64. The van der Waals surface area contributed by atoms with Crippen LogP contribution < -0.4 is 16.0 Å². The lowest BCUT2D eigenvalue weighted by Gasteiger charge is -2.36. The number of piperazine rings is 2. The Morgan fingerprint density at radius 1 is 1.17 bits per heavy atom. The van der Waals surface area contributed by atoms with Crippen LogP contribution in [-0.4, -0.2) is 92.7 Å². The highest BCUT2D eigenvalue weighted by molar-refractivity contribution is 5.86. The van der Waals surface area contributed by atoms with Crippen molar-refractivity contribution in [3.63, 3.8) is 0 Å². The molecule has 0 bridgehead atoms. The molecule has 2 amide bonds. The molecular formula is C13H22F3N5O2. The summed E-state index contributed by atoms with van der Waals surface area (Å²) in [5, 5.41) is 8.18. The SMILES string of the molecule is O=C(CN1CCNCC1=O)NCC(N1CCNCC1)C(F)(F)F. The molecule has 0 aromatic heterocycles. The average Bonchev–Trinajstić information content (AvgIpc) is 2.49. The molecule has 3 N–H and O–H groups in total. The minimum atomic E-state index is -4.41. The molecule has 0 saturated carbocycles. The third kappa shape index (κ3) is 5.33. The molecule has 2 heterocycles. The Morgan fingerprint density at radius 2 is 1.83 bits per heavy atom. The van der Waals surface area contributed by atoms with Gasteiger partial charge in [0.2, 0.25) is 11.8 Å². The Kier molecular flexibility index (Phi) is 6.19. The number of amides is 2. The Bertz CT molecular complexity index is 426. The van der Waals surface area contributed by atoms with Crippen LogP contribution in [0.2, 0.25) is 0 Å². The third-order valence-electron chi connectivity index (χ3n) is 3.98. The molecule has 7 nitrogen and oxygen atoms in total. The minimum absolute atomic E-state index is 0.152. The third-order valence-corrected chi connectivity index (χ3v) is 3.98. The minimum Gasteiger partial charge on any atom is -0.353 e. The first-order chi connectivity index (χ1) is 10.9. The Balaban J connectivity index is 1.84. The number of halogens is 3. The summed E-state index contributed by atoms with van der Waals surface area (Å²) in [6, 6.07) is -1.70. The molecule has 0 spiro atoms. The van der Waals surface area contributed by atoms with Crippen LogP contribution >= 0.6 is 0 Å². The summed E-state index contributed by atoms with van der Waals surface area (Å²) in [5.74, 6) is -0.787. The van der Waals surface area contributed by atoms with Crippen molar-refractivity contribution in [1.82, 2.24) is 25.8 Å². The van der Waals surface area contributed by atoms with Crippen molar-refractivity contribution in [3.8, 4) is 0 Å². The smallest absolute Gasteiger partial charge is 0.353 e. The number of carbonyl (C=O) groups is 2. The highest BCUT2D eigenvalue weighted by atomic mass is 19.4. The van der Waals surface area contributed by atoms with Crippen molar-refractivity contribution < 1.29 is 22.8 Å². The van der Waals surface area contributed by atoms with E-state index in [1.165, 1.54) is 9.80 Å². The second-order valence-electron chi connectivity index (χ2n) is 5.64. The van der Waals surface area contributed by atoms with Crippen LogP contribution in [0.4, 0.5) is 13.2 Å². The number of nitrogens with one attached hydrogen (secondary N) is 3. The summed E-state index contributed by atoms with van der Waals surface area (Å²) < 4.78 is 39.6. The number of rotatable bonds is 5. The zero-order valence-electron chi connectivity index (χ0n) is 12.8. The van der Waals surface area contributed by atoms with Crippen LogP contribution in [0.15, 0.2) is 0 Å². The lowest BCUT2D eigenvalue weighted by Crippen LogP contribution is -2.58. The second kappa shape index (κ2) is 7.93. The van der Waals surface area contributed by atoms with E-state index in [4.69, 9.17) is 0 Å². The van der Waals surface area contributed by atoms with Gasteiger partial charge >= 0.3 is 6.18 Å². The molecule has 0 aromatic rings. The summed E-state index contributed by atoms with van der Waals surface area (Å²) in [6.07, 6.45) is -4.41. The van der Waals surface area contributed by atoms with Crippen LogP contribution in [0.25, 0.3) is 0 Å². The molecule has 0 aromatic carbocycles. The van der Waals surface area contributed by atoms with Gasteiger partial charge in [-0.05, 0) is 0 Å². The molecule has 2 rings (SSSR count). The zero-order chi connectivity index (χ0) is 16.9. The molecule has 1 unspecified atom stereocenters. The van der Waals surface area contributed by atoms with Gasteiger partial charge < -0.3 is 20.9 Å². The lowest BCUT2D eigenvalue weighted by atomic mass is 10.2. The highest BCUT2D eigenvalue weighted by Gasteiger charge is 2.43. The van der Waals surface area contributed by atoms with Crippen molar-refractivity contribution in [3.05, 3.63) is 0 Å². The molecule has 0 radical (unpaired) electrons. The summed E-state index contributed by atoms with van der Waals surface area (Å²) in [5.41, 5.74) is 0. The fourth-order valence-electron chi connectivity index (χ4n) is 2.70. The molecule has 10 heteroatoms. The van der Waals surface area contributed by atoms with Gasteiger partial charge in [-0.2, -0.15) is 13.2 Å². The molecule has 0 aliphatic carbocycles. The van der Waals surface area contributed by atoms with E-state index < -0.39 is 24.7 Å². The topological polar surface area (TPSA) is 76.7 Å². The number of hydrogen-bond acceptors (Lipinski definition) is 5. The van der Waals surface area contributed by atoms with Gasteiger partial charge in [-0.15, -0.1) is 0 Å². The standard InChI is InChI=1S/C13H22F3N5O2/c14-13(15,16)10(20-4-1-17-2-5-20)7-19-11(22)9-21-6-3-18-8-12(21)23/h10,17-18H,1-9H2,(H,19,22). The molecule has 2 aliphatic rings. The number of hydrogen-bond donors (Lipinski definition) is 3. The Morgan fingerprint density at radius 3 is 2.43 bits per heavy atom. The van der Waals surface area contributed by atoms with Crippen molar-refractivity contribution >= 4 is 11.8 Å². The molecule has 2 fully saturated rings. The van der Waals surface area contributed by atoms with Gasteiger partial charge in [-0.25, -0.2) is 0 Å². The molecule has 1 atom stereocenters. The van der Waals surface area contributed by atoms with Crippen LogP contribution in [0.3, 0.4) is 0 Å². The maximum atomic E-state index is 13.2. The van der Waals surface area contributed by atoms with E-state index in [1.54, 1.807) is 0 Å². The van der Waals surface area contributed by atoms with Crippen molar-refractivity contribution in [2.45, 2.75) is 12.2 Å². The fourth-order valence-corrected chi connectivity index (χ4v) is 2.70. The van der Waals surface area contributed by atoms with Gasteiger partial charge in [-0.1, -0.05) is 0 Å². The molecule has 2 aliphatic heterocycles. The van der Waals surface area contributed by atoms with Crippen LogP contribution in [0.1, 0.15) is 0 Å². The summed E-state index contributed by atoms with van der Waals surface area (Å²) in [4.78, 5) is 26.1. The first kappa shape index (κ1) is 18.0. The molecule has 23 heavy (non-hydrogen) atoms. The average molecular weight is 337 g/mol. The van der Waals surface area contributed by atoms with E-state index in [-0.39, 0.29) is 32.1 Å². The predicted octanol–water partition coefficient (Wildman–Crippen LogP) is -1.63. The predicted molar refractivity (Wildman–Crippen MR) is 76.7 cm³/mol. The van der Waals surface area contributed by atoms with Gasteiger partial charge in [0.05, 0.1) is 13.1 Å². The van der Waals surface area contributed by atoms with Crippen molar-refractivity contribution in [1.29, 1.82) is 0 Å². The van der Waals surface area contributed by atoms with Crippen LogP contribution in [0, 0.1) is 0 Å². The van der Waals surface area contributed by atoms with E-state index in [0.29, 0.717) is 26.2 Å². The lowest BCUT2D eigenvalue weighted by molar-refractivity contribution is -0.184. The highest BCUT2D eigenvalue weighted by Crippen LogP contribution is 2.24. The maximum absolute atomic E-state index is 13.2. The molecular weight excluding hydrogens is 315 g/mol. The Labute approximate surface area is 132 Å². The number of nitrogens with zero attached hydrogens (tertiary/aromatic N) is 2. The second-order valence-corrected chi connectivity index (χ2v) is 5.64. The number of alkyl halides is 3. The summed E-state index contributed by atoms with van der Waals surface area (Å²) >= 11 is 0.